The first kappa shape index (κ1) is 21.3. The van der Waals surface area contributed by atoms with Crippen molar-refractivity contribution in [3.05, 3.63) is 101 Å². The molecule has 2 aromatic rings. The molecular weight excluding hydrogens is 374 g/mol. The first-order valence-electron chi connectivity index (χ1n) is 9.92. The largest absolute Gasteiger partial charge is 0.344 e. The van der Waals surface area contributed by atoms with Crippen LogP contribution in [0.25, 0.3) is 0 Å². The molecular formula is C25H27N3O2. The Morgan fingerprint density at radius 1 is 1.07 bits per heavy atom. The first-order valence-corrected chi connectivity index (χ1v) is 9.92. The minimum Gasteiger partial charge on any atom is -0.344 e. The molecule has 30 heavy (non-hydrogen) atoms. The predicted octanol–water partition coefficient (Wildman–Crippen LogP) is 5.00. The third kappa shape index (κ3) is 5.55. The van der Waals surface area contributed by atoms with Crippen LogP contribution in [0.1, 0.15) is 35.3 Å². The number of carbonyl (C=O) groups excluding carboxylic acids is 1. The molecule has 0 aliphatic heterocycles. The molecule has 3 rings (SSSR count). The second kappa shape index (κ2) is 9.85. The quantitative estimate of drug-likeness (QED) is 0.286. The number of nitrogens with zero attached hydrogens (tertiary/aromatic N) is 1. The molecule has 0 bridgehead atoms. The Morgan fingerprint density at radius 3 is 2.50 bits per heavy atom. The zero-order valence-corrected chi connectivity index (χ0v) is 17.5. The standard InChI is InChI=1S/C25H27N3O2/c1-17-7-6-9-19(3)23(15-17)27-24(26-22-10-5-4-8-18(22)2)16-20-11-13-21(14-12-20)25(29)28-30/h4-15,23,30H,16H2,1-3H3,(H,26,27)(H,28,29). The lowest BCUT2D eigenvalue weighted by Crippen LogP contribution is -2.20. The summed E-state index contributed by atoms with van der Waals surface area (Å²) in [6.07, 6.45) is 8.96. The van der Waals surface area contributed by atoms with Crippen LogP contribution in [-0.4, -0.2) is 23.0 Å². The summed E-state index contributed by atoms with van der Waals surface area (Å²) >= 11 is 0. The van der Waals surface area contributed by atoms with Gasteiger partial charge < -0.3 is 5.32 Å². The smallest absolute Gasteiger partial charge is 0.274 e. The number of anilines is 1. The number of benzene rings is 2. The van der Waals surface area contributed by atoms with E-state index in [4.69, 9.17) is 10.2 Å². The molecule has 2 aromatic carbocycles. The first-order chi connectivity index (χ1) is 14.5. The molecule has 1 aliphatic carbocycles. The van der Waals surface area contributed by atoms with Gasteiger partial charge in [-0.05, 0) is 55.7 Å². The number of aryl methyl sites for hydroxylation is 1. The SMILES string of the molecule is CC1=CC(N=C(Cc2ccc(C(=O)NO)cc2)Nc2ccccc2C)C(C)=CC=C1. The third-order valence-corrected chi connectivity index (χ3v) is 5.01. The highest BCUT2D eigenvalue weighted by Gasteiger charge is 2.12. The van der Waals surface area contributed by atoms with E-state index in [1.54, 1.807) is 17.6 Å². The molecule has 3 N–H and O–H groups in total. The molecule has 1 aliphatic rings. The minimum absolute atomic E-state index is 0.0500. The normalized spacial score (nSPS) is 16.4. The monoisotopic (exact) mass is 401 g/mol. The van der Waals surface area contributed by atoms with Gasteiger partial charge in [-0.25, -0.2) is 5.48 Å². The Bertz CT molecular complexity index is 1030. The third-order valence-electron chi connectivity index (χ3n) is 5.01. The zero-order valence-electron chi connectivity index (χ0n) is 17.5. The van der Waals surface area contributed by atoms with E-state index < -0.39 is 5.91 Å². The molecule has 1 atom stereocenters. The van der Waals surface area contributed by atoms with E-state index >= 15 is 0 Å². The number of amides is 1. The van der Waals surface area contributed by atoms with Gasteiger partial charge in [-0.1, -0.05) is 60.2 Å². The lowest BCUT2D eigenvalue weighted by molar-refractivity contribution is 0.0706. The molecule has 5 nitrogen and oxygen atoms in total. The maximum absolute atomic E-state index is 11.6. The summed E-state index contributed by atoms with van der Waals surface area (Å²) in [6, 6.07) is 15.2. The van der Waals surface area contributed by atoms with Gasteiger partial charge >= 0.3 is 0 Å². The van der Waals surface area contributed by atoms with Crippen molar-refractivity contribution >= 4 is 17.4 Å². The number of amidine groups is 1. The molecule has 1 unspecified atom stereocenters. The Kier molecular flexibility index (Phi) is 6.99. The van der Waals surface area contributed by atoms with E-state index in [0.29, 0.717) is 12.0 Å². The second-order valence-corrected chi connectivity index (χ2v) is 7.46. The fourth-order valence-electron chi connectivity index (χ4n) is 3.22. The van der Waals surface area contributed by atoms with Crippen molar-refractivity contribution in [2.24, 2.45) is 4.99 Å². The average molecular weight is 402 g/mol. The Hall–Kier alpha value is -3.44. The van der Waals surface area contributed by atoms with Gasteiger partial charge in [0.2, 0.25) is 0 Å². The van der Waals surface area contributed by atoms with Crippen LogP contribution in [-0.2, 0) is 6.42 Å². The molecule has 0 heterocycles. The van der Waals surface area contributed by atoms with E-state index in [-0.39, 0.29) is 6.04 Å². The molecule has 5 heteroatoms. The fraction of sp³-hybridized carbons (Fsp3) is 0.200. The maximum Gasteiger partial charge on any atom is 0.274 e. The number of aliphatic imine (C=N–C) groups is 1. The van der Waals surface area contributed by atoms with Crippen LogP contribution in [0.5, 0.6) is 0 Å². The van der Waals surface area contributed by atoms with Crippen LogP contribution in [0, 0.1) is 6.92 Å². The number of para-hydroxylation sites is 1. The number of hydrogen-bond acceptors (Lipinski definition) is 3. The highest BCUT2D eigenvalue weighted by Crippen LogP contribution is 2.19. The van der Waals surface area contributed by atoms with Gasteiger partial charge in [0.05, 0.1) is 6.04 Å². The van der Waals surface area contributed by atoms with Gasteiger partial charge in [-0.3, -0.25) is 15.0 Å². The van der Waals surface area contributed by atoms with E-state index in [1.165, 1.54) is 11.1 Å². The molecule has 154 valence electrons. The Balaban J connectivity index is 1.92. The summed E-state index contributed by atoms with van der Waals surface area (Å²) in [6.45, 7) is 6.22. The molecule has 0 saturated carbocycles. The van der Waals surface area contributed by atoms with Gasteiger partial charge in [0.25, 0.3) is 5.91 Å². The topological polar surface area (TPSA) is 73.7 Å². The van der Waals surface area contributed by atoms with Crippen LogP contribution in [0.3, 0.4) is 0 Å². The molecule has 0 radical (unpaired) electrons. The number of nitrogens with one attached hydrogen (secondary N) is 2. The van der Waals surface area contributed by atoms with E-state index in [9.17, 15) is 4.79 Å². The summed E-state index contributed by atoms with van der Waals surface area (Å²) in [5.41, 5.74) is 7.57. The van der Waals surface area contributed by atoms with Crippen molar-refractivity contribution in [1.82, 2.24) is 5.48 Å². The zero-order chi connectivity index (χ0) is 21.5. The van der Waals surface area contributed by atoms with Crippen molar-refractivity contribution in [3.63, 3.8) is 0 Å². The van der Waals surface area contributed by atoms with Crippen LogP contribution in [0.2, 0.25) is 0 Å². The van der Waals surface area contributed by atoms with E-state index in [0.717, 1.165) is 22.6 Å². The van der Waals surface area contributed by atoms with Crippen LogP contribution >= 0.6 is 0 Å². The van der Waals surface area contributed by atoms with Gasteiger partial charge in [-0.15, -0.1) is 0 Å². The van der Waals surface area contributed by atoms with Crippen molar-refractivity contribution in [3.8, 4) is 0 Å². The van der Waals surface area contributed by atoms with Crippen LogP contribution < -0.4 is 10.8 Å². The number of hydroxylamine groups is 1. The highest BCUT2D eigenvalue weighted by molar-refractivity contribution is 5.98. The Labute approximate surface area is 177 Å². The number of rotatable bonds is 5. The van der Waals surface area contributed by atoms with Crippen molar-refractivity contribution in [2.75, 3.05) is 5.32 Å². The van der Waals surface area contributed by atoms with Crippen molar-refractivity contribution in [1.29, 1.82) is 0 Å². The van der Waals surface area contributed by atoms with Crippen LogP contribution in [0.15, 0.2) is 89.0 Å². The highest BCUT2D eigenvalue weighted by atomic mass is 16.5. The maximum atomic E-state index is 11.6. The summed E-state index contributed by atoms with van der Waals surface area (Å²) in [5.74, 6) is 0.313. The number of allylic oxidation sites excluding steroid dienone is 4. The van der Waals surface area contributed by atoms with E-state index in [1.807, 2.05) is 30.3 Å². The average Bonchev–Trinajstić information content (AvgIpc) is 2.89. The summed E-state index contributed by atoms with van der Waals surface area (Å²) in [7, 11) is 0. The number of hydrogen-bond donors (Lipinski definition) is 3. The van der Waals surface area contributed by atoms with Gasteiger partial charge in [0.1, 0.15) is 5.84 Å². The van der Waals surface area contributed by atoms with Gasteiger partial charge in [0, 0.05) is 17.7 Å². The van der Waals surface area contributed by atoms with Crippen molar-refractivity contribution in [2.45, 2.75) is 33.2 Å². The second-order valence-electron chi connectivity index (χ2n) is 7.46. The van der Waals surface area contributed by atoms with Crippen molar-refractivity contribution < 1.29 is 10.0 Å². The predicted molar refractivity (Wildman–Crippen MR) is 122 cm³/mol. The minimum atomic E-state index is -0.527. The van der Waals surface area contributed by atoms with Gasteiger partial charge in [0.15, 0.2) is 0 Å². The number of carbonyl (C=O) groups is 1. The lowest BCUT2D eigenvalue weighted by Gasteiger charge is -2.16. The Morgan fingerprint density at radius 2 is 1.80 bits per heavy atom. The molecule has 0 spiro atoms. The van der Waals surface area contributed by atoms with E-state index in [2.05, 4.69) is 56.5 Å². The molecule has 0 aromatic heterocycles. The van der Waals surface area contributed by atoms with Crippen LogP contribution in [0.4, 0.5) is 5.69 Å². The summed E-state index contributed by atoms with van der Waals surface area (Å²) in [5, 5.41) is 12.3. The molecule has 1 amide bonds. The fourth-order valence-corrected chi connectivity index (χ4v) is 3.22. The molecule has 0 fully saturated rings. The molecule has 0 saturated heterocycles. The summed E-state index contributed by atoms with van der Waals surface area (Å²) in [4.78, 5) is 16.6. The van der Waals surface area contributed by atoms with Gasteiger partial charge in [-0.2, -0.15) is 0 Å². The summed E-state index contributed by atoms with van der Waals surface area (Å²) < 4.78 is 0. The lowest BCUT2D eigenvalue weighted by atomic mass is 10.1.